The average molecular weight is 324 g/mol. The van der Waals surface area contributed by atoms with Gasteiger partial charge in [-0.3, -0.25) is 14.7 Å². The maximum atomic E-state index is 12.1. The van der Waals surface area contributed by atoms with Crippen LogP contribution in [0.2, 0.25) is 5.02 Å². The van der Waals surface area contributed by atoms with Crippen molar-refractivity contribution in [2.24, 2.45) is 5.73 Å². The lowest BCUT2D eigenvalue weighted by Gasteiger charge is -2.10. The monoisotopic (exact) mass is 323 g/mol. The fourth-order valence-electron chi connectivity index (χ4n) is 1.90. The molecular formula is C14H14ClN3O2S. The van der Waals surface area contributed by atoms with Gasteiger partial charge in [0.2, 0.25) is 0 Å². The van der Waals surface area contributed by atoms with Crippen molar-refractivity contribution >= 4 is 28.8 Å². The molecule has 0 fully saturated rings. The second-order valence-electron chi connectivity index (χ2n) is 4.75. The molecule has 0 unspecified atom stereocenters. The van der Waals surface area contributed by atoms with Gasteiger partial charge in [0.15, 0.2) is 0 Å². The minimum atomic E-state index is -0.289. The molecule has 0 radical (unpaired) electrons. The highest BCUT2D eigenvalue weighted by Crippen LogP contribution is 2.18. The van der Waals surface area contributed by atoms with Crippen LogP contribution < -0.4 is 16.9 Å². The van der Waals surface area contributed by atoms with Crippen molar-refractivity contribution in [3.8, 4) is 0 Å². The first-order valence-electron chi connectivity index (χ1n) is 6.20. The van der Waals surface area contributed by atoms with Crippen LogP contribution in [0.25, 0.3) is 0 Å². The molecule has 110 valence electrons. The van der Waals surface area contributed by atoms with Crippen LogP contribution in [0, 0.1) is 13.8 Å². The molecule has 2 rings (SSSR count). The molecule has 0 atom stereocenters. The van der Waals surface area contributed by atoms with E-state index in [4.69, 9.17) is 29.6 Å². The Labute approximate surface area is 131 Å². The topological polar surface area (TPSA) is 80.9 Å². The van der Waals surface area contributed by atoms with Crippen LogP contribution in [-0.2, 0) is 6.54 Å². The molecule has 3 N–H and O–H groups in total. The van der Waals surface area contributed by atoms with E-state index in [0.29, 0.717) is 27.3 Å². The molecule has 0 spiro atoms. The van der Waals surface area contributed by atoms with Gasteiger partial charge in [0, 0.05) is 21.7 Å². The SMILES string of the molecule is Cc1c(C)c(=O)n(Cc2ccc(C(N)=S)cc2Cl)[nH]c1=O. The van der Waals surface area contributed by atoms with Gasteiger partial charge in [0.1, 0.15) is 4.99 Å². The van der Waals surface area contributed by atoms with Crippen molar-refractivity contribution in [3.05, 3.63) is 66.2 Å². The highest BCUT2D eigenvalue weighted by molar-refractivity contribution is 7.80. The standard InChI is InChI=1S/C14H14ClN3O2S/c1-7-8(2)14(20)18(17-13(7)19)6-10-4-3-9(12(16)21)5-11(10)15/h3-5H,6H2,1-2H3,(H2,16,21)(H,17,19). The lowest BCUT2D eigenvalue weighted by atomic mass is 10.1. The summed E-state index contributed by atoms with van der Waals surface area (Å²) in [5.74, 6) is 0. The molecule has 0 aliphatic rings. The Morgan fingerprint density at radius 1 is 1.33 bits per heavy atom. The summed E-state index contributed by atoms with van der Waals surface area (Å²) in [5.41, 5.74) is 7.19. The first kappa shape index (κ1) is 15.5. The zero-order valence-corrected chi connectivity index (χ0v) is 13.1. The maximum Gasteiger partial charge on any atom is 0.268 e. The van der Waals surface area contributed by atoms with E-state index >= 15 is 0 Å². The van der Waals surface area contributed by atoms with E-state index in [1.165, 1.54) is 4.68 Å². The Kier molecular flexibility index (Phi) is 4.29. The van der Waals surface area contributed by atoms with Crippen LogP contribution in [0.1, 0.15) is 22.3 Å². The van der Waals surface area contributed by atoms with Gasteiger partial charge in [0.05, 0.1) is 6.54 Å². The summed E-state index contributed by atoms with van der Waals surface area (Å²) >= 11 is 11.0. The highest BCUT2D eigenvalue weighted by atomic mass is 35.5. The number of halogens is 1. The summed E-state index contributed by atoms with van der Waals surface area (Å²) in [4.78, 5) is 24.1. The van der Waals surface area contributed by atoms with Gasteiger partial charge < -0.3 is 5.73 Å². The summed E-state index contributed by atoms with van der Waals surface area (Å²) in [6.45, 7) is 3.41. The Hall–Kier alpha value is -1.92. The number of rotatable bonds is 3. The number of benzene rings is 1. The number of aromatic nitrogens is 2. The number of H-pyrrole nitrogens is 1. The van der Waals surface area contributed by atoms with Crippen LogP contribution >= 0.6 is 23.8 Å². The Morgan fingerprint density at radius 2 is 2.00 bits per heavy atom. The number of nitrogens with two attached hydrogens (primary N) is 1. The summed E-state index contributed by atoms with van der Waals surface area (Å²) < 4.78 is 1.24. The van der Waals surface area contributed by atoms with E-state index in [2.05, 4.69) is 5.10 Å². The molecule has 1 heterocycles. The first-order chi connectivity index (χ1) is 9.81. The van der Waals surface area contributed by atoms with Gasteiger partial charge in [-0.2, -0.15) is 0 Å². The lowest BCUT2D eigenvalue weighted by molar-refractivity contribution is 0.618. The molecule has 2 aromatic rings. The van der Waals surface area contributed by atoms with E-state index in [-0.39, 0.29) is 22.7 Å². The van der Waals surface area contributed by atoms with Gasteiger partial charge in [0.25, 0.3) is 11.1 Å². The zero-order valence-electron chi connectivity index (χ0n) is 11.6. The van der Waals surface area contributed by atoms with Crippen LogP contribution in [-0.4, -0.2) is 14.8 Å². The van der Waals surface area contributed by atoms with Crippen molar-refractivity contribution in [2.75, 3.05) is 0 Å². The van der Waals surface area contributed by atoms with Crippen LogP contribution in [0.15, 0.2) is 27.8 Å². The van der Waals surface area contributed by atoms with E-state index < -0.39 is 0 Å². The lowest BCUT2D eigenvalue weighted by Crippen LogP contribution is -2.33. The molecule has 1 aromatic heterocycles. The Bertz CT molecular complexity index is 839. The minimum Gasteiger partial charge on any atom is -0.389 e. The molecule has 0 saturated heterocycles. The maximum absolute atomic E-state index is 12.1. The predicted octanol–water partition coefficient (Wildman–Crippen LogP) is 1.49. The second-order valence-corrected chi connectivity index (χ2v) is 5.60. The molecule has 21 heavy (non-hydrogen) atoms. The van der Waals surface area contributed by atoms with Gasteiger partial charge >= 0.3 is 0 Å². The number of thiocarbonyl (C=S) groups is 1. The molecule has 0 amide bonds. The van der Waals surface area contributed by atoms with Crippen molar-refractivity contribution in [2.45, 2.75) is 20.4 Å². The summed E-state index contributed by atoms with van der Waals surface area (Å²) in [5, 5.41) is 2.97. The number of nitrogens with one attached hydrogen (secondary N) is 1. The molecule has 1 aromatic carbocycles. The molecule has 7 heteroatoms. The fraction of sp³-hybridized carbons (Fsp3) is 0.214. The van der Waals surface area contributed by atoms with Crippen LogP contribution in [0.3, 0.4) is 0 Å². The third kappa shape index (κ3) is 3.06. The van der Waals surface area contributed by atoms with Gasteiger partial charge in [-0.25, -0.2) is 4.68 Å². The normalized spacial score (nSPS) is 10.6. The van der Waals surface area contributed by atoms with Crippen LogP contribution in [0.4, 0.5) is 0 Å². The minimum absolute atomic E-state index is 0.172. The fourth-order valence-corrected chi connectivity index (χ4v) is 2.27. The van der Waals surface area contributed by atoms with Gasteiger partial charge in [-0.1, -0.05) is 36.0 Å². The Balaban J connectivity index is 2.46. The van der Waals surface area contributed by atoms with E-state index in [0.717, 1.165) is 0 Å². The molecule has 0 aliphatic heterocycles. The van der Waals surface area contributed by atoms with Crippen molar-refractivity contribution in [1.82, 2.24) is 9.78 Å². The van der Waals surface area contributed by atoms with Crippen LogP contribution in [0.5, 0.6) is 0 Å². The number of hydrogen-bond acceptors (Lipinski definition) is 3. The number of hydrogen-bond donors (Lipinski definition) is 2. The first-order valence-corrected chi connectivity index (χ1v) is 6.98. The van der Waals surface area contributed by atoms with Crippen molar-refractivity contribution in [3.63, 3.8) is 0 Å². The third-order valence-corrected chi connectivity index (χ3v) is 3.96. The van der Waals surface area contributed by atoms with Crippen molar-refractivity contribution < 1.29 is 0 Å². The molecular weight excluding hydrogens is 310 g/mol. The van der Waals surface area contributed by atoms with Gasteiger partial charge in [-0.15, -0.1) is 0 Å². The molecule has 0 bridgehead atoms. The second kappa shape index (κ2) is 5.83. The molecule has 5 nitrogen and oxygen atoms in total. The van der Waals surface area contributed by atoms with E-state index in [1.54, 1.807) is 32.0 Å². The molecule has 0 saturated carbocycles. The zero-order chi connectivity index (χ0) is 15.7. The summed E-state index contributed by atoms with van der Waals surface area (Å²) in [6.07, 6.45) is 0. The summed E-state index contributed by atoms with van der Waals surface area (Å²) in [6, 6.07) is 5.11. The summed E-state index contributed by atoms with van der Waals surface area (Å²) in [7, 11) is 0. The highest BCUT2D eigenvalue weighted by Gasteiger charge is 2.10. The predicted molar refractivity (Wildman–Crippen MR) is 87.2 cm³/mol. The largest absolute Gasteiger partial charge is 0.389 e. The van der Waals surface area contributed by atoms with Crippen molar-refractivity contribution in [1.29, 1.82) is 0 Å². The Morgan fingerprint density at radius 3 is 2.57 bits per heavy atom. The van der Waals surface area contributed by atoms with E-state index in [9.17, 15) is 9.59 Å². The smallest absolute Gasteiger partial charge is 0.268 e. The quantitative estimate of drug-likeness (QED) is 0.839. The third-order valence-electron chi connectivity index (χ3n) is 3.37. The molecule has 0 aliphatic carbocycles. The average Bonchev–Trinajstić information content (AvgIpc) is 2.44. The van der Waals surface area contributed by atoms with E-state index in [1.807, 2.05) is 0 Å². The van der Waals surface area contributed by atoms with Gasteiger partial charge in [-0.05, 0) is 25.5 Å². The number of nitrogens with zero attached hydrogens (tertiary/aromatic N) is 1. The number of aromatic amines is 1.